The minimum atomic E-state index is -4.64. The summed E-state index contributed by atoms with van der Waals surface area (Å²) in [6.45, 7) is 5.68. The summed E-state index contributed by atoms with van der Waals surface area (Å²) < 4.78 is 79.8. The number of alkyl halides is 6. The summed E-state index contributed by atoms with van der Waals surface area (Å²) in [6.07, 6.45) is -12.2. The molecule has 0 aromatic heterocycles. The van der Waals surface area contributed by atoms with E-state index in [2.05, 4.69) is 9.47 Å². The maximum absolute atomic E-state index is 12.0. The predicted octanol–water partition coefficient (Wildman–Crippen LogP) is 3.06. The first-order chi connectivity index (χ1) is 10.0. The molecule has 0 radical (unpaired) electrons. The van der Waals surface area contributed by atoms with Gasteiger partial charge in [-0.2, -0.15) is 26.3 Å². The second-order valence-corrected chi connectivity index (χ2v) is 5.57. The van der Waals surface area contributed by atoms with Crippen LogP contribution < -0.4 is 0 Å². The summed E-state index contributed by atoms with van der Waals surface area (Å²) in [7, 11) is 0. The molecule has 0 heterocycles. The van der Waals surface area contributed by atoms with Gasteiger partial charge in [-0.1, -0.05) is 0 Å². The van der Waals surface area contributed by atoms with Gasteiger partial charge in [0, 0.05) is 0 Å². The van der Waals surface area contributed by atoms with E-state index in [4.69, 9.17) is 10.2 Å². The fourth-order valence-corrected chi connectivity index (χ4v) is 0.789. The van der Waals surface area contributed by atoms with Gasteiger partial charge in [0.1, 0.15) is 0 Å². The topological polar surface area (TPSA) is 58.9 Å². The van der Waals surface area contributed by atoms with Crippen molar-refractivity contribution < 1.29 is 46.0 Å². The lowest BCUT2D eigenvalue weighted by molar-refractivity contribution is -0.270. The second-order valence-electron chi connectivity index (χ2n) is 5.57. The highest BCUT2D eigenvalue weighted by atomic mass is 19.4. The molecule has 2 atom stereocenters. The summed E-state index contributed by atoms with van der Waals surface area (Å²) in [5.74, 6) is 0. The van der Waals surface area contributed by atoms with E-state index >= 15 is 0 Å². The molecule has 10 heteroatoms. The van der Waals surface area contributed by atoms with Gasteiger partial charge in [-0.3, -0.25) is 0 Å². The Labute approximate surface area is 131 Å². The Bertz CT molecular complexity index is 313. The molecule has 23 heavy (non-hydrogen) atoms. The molecule has 0 aliphatic carbocycles. The molecule has 0 amide bonds. The average Bonchev–Trinajstić information content (AvgIpc) is 2.31. The molecule has 142 valence electrons. The Morgan fingerprint density at radius 3 is 1.52 bits per heavy atom. The number of hydrogen-bond donors (Lipinski definition) is 2. The average molecular weight is 358 g/mol. The van der Waals surface area contributed by atoms with Crippen molar-refractivity contribution in [2.75, 3.05) is 13.2 Å². The van der Waals surface area contributed by atoms with E-state index in [9.17, 15) is 26.3 Å². The summed E-state index contributed by atoms with van der Waals surface area (Å²) in [4.78, 5) is 0. The molecule has 0 spiro atoms. The normalized spacial score (nSPS) is 16.8. The molecule has 0 saturated heterocycles. The molecule has 0 aromatic carbocycles. The first-order valence-electron chi connectivity index (χ1n) is 6.77. The Morgan fingerprint density at radius 2 is 1.26 bits per heavy atom. The van der Waals surface area contributed by atoms with Gasteiger partial charge in [-0.15, -0.1) is 0 Å². The van der Waals surface area contributed by atoms with Crippen LogP contribution in [0.4, 0.5) is 26.3 Å². The monoisotopic (exact) mass is 358 g/mol. The van der Waals surface area contributed by atoms with E-state index in [1.165, 1.54) is 0 Å². The lowest BCUT2D eigenvalue weighted by atomic mass is 10.1. The van der Waals surface area contributed by atoms with Crippen molar-refractivity contribution in [1.82, 2.24) is 0 Å². The van der Waals surface area contributed by atoms with Crippen molar-refractivity contribution in [3.8, 4) is 0 Å². The first kappa shape index (κ1) is 24.7. The minimum absolute atomic E-state index is 0.299. The van der Waals surface area contributed by atoms with Gasteiger partial charge in [0.2, 0.25) is 0 Å². The molecule has 2 N–H and O–H groups in total. The van der Waals surface area contributed by atoms with Gasteiger partial charge in [0.25, 0.3) is 0 Å². The van der Waals surface area contributed by atoms with Crippen molar-refractivity contribution in [3.05, 3.63) is 0 Å². The van der Waals surface area contributed by atoms with Crippen LogP contribution in [-0.4, -0.2) is 59.7 Å². The second kappa shape index (κ2) is 9.65. The number of rotatable bonds is 6. The Kier molecular flexibility index (Phi) is 10.4. The Morgan fingerprint density at radius 1 is 0.870 bits per heavy atom. The van der Waals surface area contributed by atoms with Crippen LogP contribution in [0.5, 0.6) is 0 Å². The van der Waals surface area contributed by atoms with Crippen LogP contribution in [0, 0.1) is 0 Å². The van der Waals surface area contributed by atoms with Crippen molar-refractivity contribution in [3.63, 3.8) is 0 Å². The maximum Gasteiger partial charge on any atom is 0.419 e. The van der Waals surface area contributed by atoms with Gasteiger partial charge < -0.3 is 19.7 Å². The quantitative estimate of drug-likeness (QED) is 0.717. The summed E-state index contributed by atoms with van der Waals surface area (Å²) in [6, 6.07) is 0. The van der Waals surface area contributed by atoms with Crippen LogP contribution in [0.15, 0.2) is 0 Å². The zero-order valence-corrected chi connectivity index (χ0v) is 13.6. The molecule has 0 rings (SSSR count). The molecule has 0 aliphatic rings. The number of ether oxygens (including phenoxy) is 2. The van der Waals surface area contributed by atoms with Crippen LogP contribution in [0.2, 0.25) is 0 Å². The molecule has 0 saturated carbocycles. The van der Waals surface area contributed by atoms with Gasteiger partial charge in [0.05, 0.1) is 25.4 Å². The van der Waals surface area contributed by atoms with Crippen molar-refractivity contribution in [1.29, 1.82) is 0 Å². The molecule has 0 fully saturated rings. The van der Waals surface area contributed by atoms with Gasteiger partial charge in [-0.25, -0.2) is 0 Å². The van der Waals surface area contributed by atoms with Crippen LogP contribution in [0.1, 0.15) is 34.6 Å². The zero-order chi connectivity index (χ0) is 19.1. The third-order valence-corrected chi connectivity index (χ3v) is 2.27. The van der Waals surface area contributed by atoms with Crippen molar-refractivity contribution in [2.24, 2.45) is 0 Å². The lowest BCUT2D eigenvalue weighted by Crippen LogP contribution is -2.46. The van der Waals surface area contributed by atoms with Gasteiger partial charge in [0.15, 0.2) is 11.7 Å². The van der Waals surface area contributed by atoms with Crippen LogP contribution >= 0.6 is 0 Å². The Hall–Kier alpha value is -0.580. The minimum Gasteiger partial charge on any atom is -0.382 e. The molecular weight excluding hydrogens is 334 g/mol. The highest BCUT2D eigenvalue weighted by Gasteiger charge is 2.50. The maximum atomic E-state index is 12.0. The number of hydrogen-bond acceptors (Lipinski definition) is 4. The van der Waals surface area contributed by atoms with E-state index < -0.39 is 37.3 Å². The SMILES string of the molecule is CC(C)OCC(C)(O)C(F)(F)F.CC(C)OCC(O)C(F)(F)F. The standard InChI is InChI=1S/C7H13F3O2.C6H11F3O2/c1-5(2)12-4-6(3,11)7(8,9)10;1-4(2)11-3-5(10)6(7,8)9/h5,11H,4H2,1-3H3;4-5,10H,3H2,1-2H3. The summed E-state index contributed by atoms with van der Waals surface area (Å²) in [5.41, 5.74) is -2.75. The highest BCUT2D eigenvalue weighted by Crippen LogP contribution is 2.30. The third-order valence-electron chi connectivity index (χ3n) is 2.27. The Balaban J connectivity index is 0. The van der Waals surface area contributed by atoms with E-state index in [1.807, 2.05) is 0 Å². The van der Waals surface area contributed by atoms with E-state index in [1.54, 1.807) is 27.7 Å². The van der Waals surface area contributed by atoms with E-state index in [-0.39, 0.29) is 12.2 Å². The predicted molar refractivity (Wildman–Crippen MR) is 70.9 cm³/mol. The smallest absolute Gasteiger partial charge is 0.382 e. The van der Waals surface area contributed by atoms with E-state index in [0.29, 0.717) is 6.92 Å². The molecule has 0 aliphatic heterocycles. The summed E-state index contributed by atoms with van der Waals surface area (Å²) >= 11 is 0. The largest absolute Gasteiger partial charge is 0.419 e. The molecule has 0 aromatic rings. The number of aliphatic hydroxyl groups is 2. The molecule has 4 nitrogen and oxygen atoms in total. The van der Waals surface area contributed by atoms with Crippen LogP contribution in [-0.2, 0) is 9.47 Å². The highest BCUT2D eigenvalue weighted by molar-refractivity contribution is 4.81. The van der Waals surface area contributed by atoms with Gasteiger partial charge in [-0.05, 0) is 34.6 Å². The fraction of sp³-hybridized carbons (Fsp3) is 1.00. The molecule has 2 unspecified atom stereocenters. The number of aliphatic hydroxyl groups excluding tert-OH is 1. The summed E-state index contributed by atoms with van der Waals surface area (Å²) in [5, 5.41) is 17.2. The molecular formula is C13H24F6O4. The molecule has 0 bridgehead atoms. The van der Waals surface area contributed by atoms with Gasteiger partial charge >= 0.3 is 12.4 Å². The zero-order valence-electron chi connectivity index (χ0n) is 13.6. The van der Waals surface area contributed by atoms with Crippen molar-refractivity contribution >= 4 is 0 Å². The van der Waals surface area contributed by atoms with Crippen LogP contribution in [0.25, 0.3) is 0 Å². The third kappa shape index (κ3) is 12.5. The number of halogens is 6. The fourth-order valence-electron chi connectivity index (χ4n) is 0.789. The first-order valence-corrected chi connectivity index (χ1v) is 6.77. The lowest BCUT2D eigenvalue weighted by Gasteiger charge is -2.26. The van der Waals surface area contributed by atoms with Crippen molar-refractivity contribution in [2.45, 2.75) is 70.9 Å². The van der Waals surface area contributed by atoms with E-state index in [0.717, 1.165) is 0 Å². The van der Waals surface area contributed by atoms with Crippen LogP contribution in [0.3, 0.4) is 0 Å².